The Morgan fingerprint density at radius 2 is 1.70 bits per heavy atom. The number of nitrogens with one attached hydrogen (secondary N) is 1. The smallest absolute Gasteiger partial charge is 0.126 e. The number of aryl methyl sites for hydroxylation is 1. The zero-order valence-corrected chi connectivity index (χ0v) is 26.9. The van der Waals surface area contributed by atoms with Crippen molar-refractivity contribution in [3.63, 3.8) is 0 Å². The van der Waals surface area contributed by atoms with E-state index in [1.54, 1.807) is 7.11 Å². The Morgan fingerprint density at radius 1 is 0.907 bits per heavy atom. The van der Waals surface area contributed by atoms with E-state index in [0.29, 0.717) is 18.0 Å². The molecule has 0 amide bonds. The second kappa shape index (κ2) is 14.8. The monoisotopic (exact) mass is 599 g/mol. The lowest BCUT2D eigenvalue weighted by molar-refractivity contribution is 0.322. The molecule has 1 aromatic heterocycles. The summed E-state index contributed by atoms with van der Waals surface area (Å²) in [5.41, 5.74) is 14.1. The molecule has 2 saturated carbocycles. The van der Waals surface area contributed by atoms with Gasteiger partial charge in [-0.2, -0.15) is 0 Å². The minimum absolute atomic E-state index is 0. The number of benzene rings is 3. The standard InChI is InChI=1S/C38H49N3O.ClH/c1-27-9-8-12-29(23-27)33(21-22-40-32-18-16-31(39)17-19-32)36-26-41(25-28-10-4-3-5-11-28)37-20-15-30(24-35(36)37)34-13-6-7-14-38(34)42-2;/h6-9,12-15,20,23-24,26,28,31-33,40H,3-5,10-11,16-19,21-22,25,39H2,1-2H3;1H. The average molecular weight is 600 g/mol. The van der Waals surface area contributed by atoms with Crippen LogP contribution in [0.15, 0.2) is 72.9 Å². The first-order valence-electron chi connectivity index (χ1n) is 16.4. The number of hydrogen-bond donors (Lipinski definition) is 2. The number of para-hydroxylation sites is 1. The fraction of sp³-hybridized carbons (Fsp3) is 0.474. The first kappa shape index (κ1) is 31.6. The van der Waals surface area contributed by atoms with Gasteiger partial charge in [-0.25, -0.2) is 0 Å². The molecular formula is C38H50ClN3O. The number of rotatable bonds is 10. The third kappa shape index (κ3) is 7.48. The van der Waals surface area contributed by atoms with Crippen molar-refractivity contribution in [3.05, 3.63) is 89.6 Å². The molecule has 0 saturated heterocycles. The maximum atomic E-state index is 6.20. The van der Waals surface area contributed by atoms with Gasteiger partial charge in [-0.1, -0.05) is 73.4 Å². The molecule has 0 aliphatic heterocycles. The van der Waals surface area contributed by atoms with Crippen molar-refractivity contribution in [2.24, 2.45) is 11.7 Å². The fourth-order valence-electron chi connectivity index (χ4n) is 7.60. The highest BCUT2D eigenvalue weighted by atomic mass is 35.5. The molecule has 0 radical (unpaired) electrons. The van der Waals surface area contributed by atoms with Crippen molar-refractivity contribution in [1.82, 2.24) is 9.88 Å². The number of nitrogens with two attached hydrogens (primary N) is 1. The maximum Gasteiger partial charge on any atom is 0.126 e. The zero-order chi connectivity index (χ0) is 28.9. The largest absolute Gasteiger partial charge is 0.496 e. The van der Waals surface area contributed by atoms with Crippen molar-refractivity contribution in [2.75, 3.05) is 13.7 Å². The lowest BCUT2D eigenvalue weighted by atomic mass is 9.86. The van der Waals surface area contributed by atoms with Gasteiger partial charge in [0.25, 0.3) is 0 Å². The molecular weight excluding hydrogens is 550 g/mol. The van der Waals surface area contributed by atoms with Gasteiger partial charge in [0.05, 0.1) is 7.11 Å². The Hall–Kier alpha value is -2.79. The van der Waals surface area contributed by atoms with Crippen LogP contribution in [0.5, 0.6) is 5.75 Å². The van der Waals surface area contributed by atoms with E-state index >= 15 is 0 Å². The van der Waals surface area contributed by atoms with Crippen molar-refractivity contribution in [1.29, 1.82) is 0 Å². The van der Waals surface area contributed by atoms with Crippen LogP contribution in [0.2, 0.25) is 0 Å². The summed E-state index contributed by atoms with van der Waals surface area (Å²) in [7, 11) is 1.77. The molecule has 2 aliphatic carbocycles. The summed E-state index contributed by atoms with van der Waals surface area (Å²) in [4.78, 5) is 0. The molecule has 6 rings (SSSR count). The van der Waals surface area contributed by atoms with Gasteiger partial charge in [-0.05, 0) is 99.2 Å². The molecule has 2 aliphatic rings. The molecule has 1 unspecified atom stereocenters. The van der Waals surface area contributed by atoms with Gasteiger partial charge < -0.3 is 20.4 Å². The molecule has 4 aromatic rings. The predicted molar refractivity (Wildman–Crippen MR) is 184 cm³/mol. The van der Waals surface area contributed by atoms with Gasteiger partial charge in [0, 0.05) is 47.2 Å². The van der Waals surface area contributed by atoms with Crippen LogP contribution < -0.4 is 15.8 Å². The predicted octanol–water partition coefficient (Wildman–Crippen LogP) is 9.01. The van der Waals surface area contributed by atoms with Crippen molar-refractivity contribution in [2.45, 2.75) is 95.7 Å². The van der Waals surface area contributed by atoms with Crippen LogP contribution in [-0.4, -0.2) is 30.3 Å². The number of aromatic nitrogens is 1. The molecule has 4 nitrogen and oxygen atoms in total. The molecule has 5 heteroatoms. The molecule has 43 heavy (non-hydrogen) atoms. The second-order valence-corrected chi connectivity index (χ2v) is 13.0. The van der Waals surface area contributed by atoms with Crippen LogP contribution in [0.3, 0.4) is 0 Å². The first-order chi connectivity index (χ1) is 20.6. The summed E-state index contributed by atoms with van der Waals surface area (Å²) < 4.78 is 8.36. The van der Waals surface area contributed by atoms with Crippen LogP contribution >= 0.6 is 12.4 Å². The quantitative estimate of drug-likeness (QED) is 0.191. The first-order valence-corrected chi connectivity index (χ1v) is 16.4. The van der Waals surface area contributed by atoms with E-state index in [9.17, 15) is 0 Å². The normalized spacial score (nSPS) is 20.1. The zero-order valence-electron chi connectivity index (χ0n) is 26.1. The number of nitrogens with zero attached hydrogens (tertiary/aromatic N) is 1. The molecule has 1 heterocycles. The van der Waals surface area contributed by atoms with Gasteiger partial charge in [0.2, 0.25) is 0 Å². The van der Waals surface area contributed by atoms with Crippen molar-refractivity contribution < 1.29 is 4.74 Å². The van der Waals surface area contributed by atoms with E-state index in [-0.39, 0.29) is 12.4 Å². The van der Waals surface area contributed by atoms with Crippen LogP contribution in [0.1, 0.15) is 86.8 Å². The van der Waals surface area contributed by atoms with Gasteiger partial charge in [0.1, 0.15) is 5.75 Å². The topological polar surface area (TPSA) is 52.2 Å². The lowest BCUT2D eigenvalue weighted by Gasteiger charge is -2.28. The highest BCUT2D eigenvalue weighted by Crippen LogP contribution is 2.39. The molecule has 0 bridgehead atoms. The van der Waals surface area contributed by atoms with Crippen LogP contribution in [0.4, 0.5) is 0 Å². The van der Waals surface area contributed by atoms with E-state index in [1.807, 2.05) is 6.07 Å². The third-order valence-corrected chi connectivity index (χ3v) is 9.97. The summed E-state index contributed by atoms with van der Waals surface area (Å²) in [6.07, 6.45) is 15.1. The second-order valence-electron chi connectivity index (χ2n) is 13.0. The molecule has 2 fully saturated rings. The minimum atomic E-state index is 0. The van der Waals surface area contributed by atoms with Crippen LogP contribution in [-0.2, 0) is 6.54 Å². The minimum Gasteiger partial charge on any atom is -0.496 e. The summed E-state index contributed by atoms with van der Waals surface area (Å²) >= 11 is 0. The van der Waals surface area contributed by atoms with E-state index < -0.39 is 0 Å². The number of hydrogen-bond acceptors (Lipinski definition) is 3. The van der Waals surface area contributed by atoms with E-state index in [0.717, 1.165) is 49.6 Å². The number of ether oxygens (including phenoxy) is 1. The van der Waals surface area contributed by atoms with Gasteiger partial charge >= 0.3 is 0 Å². The van der Waals surface area contributed by atoms with Crippen LogP contribution in [0.25, 0.3) is 22.0 Å². The SMILES string of the molecule is COc1ccccc1-c1ccc2c(c1)c(C(CCNC1CCC(N)CC1)c1cccc(C)c1)cn2CC1CCCCC1.Cl. The molecule has 3 aromatic carbocycles. The Balaban J connectivity index is 0.00000368. The summed E-state index contributed by atoms with van der Waals surface area (Å²) in [5, 5.41) is 5.30. The molecule has 1 atom stereocenters. The van der Waals surface area contributed by atoms with E-state index in [4.69, 9.17) is 10.5 Å². The fourth-order valence-corrected chi connectivity index (χ4v) is 7.60. The maximum absolute atomic E-state index is 6.20. The average Bonchev–Trinajstić information content (AvgIpc) is 3.37. The molecule has 0 spiro atoms. The Bertz CT molecular complexity index is 1470. The summed E-state index contributed by atoms with van der Waals surface area (Å²) in [5.74, 6) is 2.02. The highest BCUT2D eigenvalue weighted by Gasteiger charge is 2.24. The van der Waals surface area contributed by atoms with Crippen LogP contribution in [0, 0.1) is 12.8 Å². The van der Waals surface area contributed by atoms with Gasteiger partial charge in [-0.3, -0.25) is 0 Å². The van der Waals surface area contributed by atoms with E-state index in [1.165, 1.54) is 78.1 Å². The number of methoxy groups -OCH3 is 1. The van der Waals surface area contributed by atoms with Gasteiger partial charge in [0.15, 0.2) is 0 Å². The lowest BCUT2D eigenvalue weighted by Crippen LogP contribution is -2.38. The molecule has 230 valence electrons. The number of fused-ring (bicyclic) bond motifs is 1. The third-order valence-electron chi connectivity index (χ3n) is 9.97. The summed E-state index contributed by atoms with van der Waals surface area (Å²) in [6.45, 7) is 4.35. The summed E-state index contributed by atoms with van der Waals surface area (Å²) in [6, 6.07) is 25.6. The van der Waals surface area contributed by atoms with E-state index in [2.05, 4.69) is 83.7 Å². The Morgan fingerprint density at radius 3 is 2.47 bits per heavy atom. The molecule has 3 N–H and O–H groups in total. The Labute approximate surface area is 264 Å². The van der Waals surface area contributed by atoms with Crippen molar-refractivity contribution >= 4 is 23.3 Å². The van der Waals surface area contributed by atoms with Crippen molar-refractivity contribution in [3.8, 4) is 16.9 Å². The number of halogens is 1. The Kier molecular flexibility index (Phi) is 10.9. The van der Waals surface area contributed by atoms with Gasteiger partial charge in [-0.15, -0.1) is 12.4 Å². The highest BCUT2D eigenvalue weighted by molar-refractivity contribution is 5.90.